The molecule has 34 heavy (non-hydrogen) atoms. The second-order valence-electron chi connectivity index (χ2n) is 9.23. The minimum absolute atomic E-state index is 0.145. The zero-order chi connectivity index (χ0) is 24.0. The second kappa shape index (κ2) is 8.56. The van der Waals surface area contributed by atoms with Crippen LogP contribution in [0.2, 0.25) is 0 Å². The van der Waals surface area contributed by atoms with Gasteiger partial charge >= 0.3 is 5.91 Å². The summed E-state index contributed by atoms with van der Waals surface area (Å²) in [6, 6.07) is 10.9. The Kier molecular flexibility index (Phi) is 5.55. The molecule has 0 saturated heterocycles. The zero-order valence-electron chi connectivity index (χ0n) is 19.7. The third-order valence-electron chi connectivity index (χ3n) is 7.00. The van der Waals surface area contributed by atoms with Crippen molar-refractivity contribution in [3.8, 4) is 11.6 Å². The molecule has 1 saturated carbocycles. The van der Waals surface area contributed by atoms with E-state index in [2.05, 4.69) is 5.10 Å². The van der Waals surface area contributed by atoms with Gasteiger partial charge in [-0.05, 0) is 57.2 Å². The molecule has 1 fully saturated rings. The predicted molar refractivity (Wildman–Crippen MR) is 126 cm³/mol. The van der Waals surface area contributed by atoms with Crippen LogP contribution in [0.3, 0.4) is 0 Å². The van der Waals surface area contributed by atoms with E-state index < -0.39 is 11.8 Å². The molecule has 0 bridgehead atoms. The number of hydrogen-bond acceptors (Lipinski definition) is 4. The van der Waals surface area contributed by atoms with Crippen LogP contribution in [0.25, 0.3) is 17.0 Å². The summed E-state index contributed by atoms with van der Waals surface area (Å²) in [5, 5.41) is 18.0. The largest absolute Gasteiger partial charge is 0.858 e. The molecule has 3 heterocycles. The maximum absolute atomic E-state index is 13.9. The Balaban J connectivity index is 1.71. The molecule has 0 N–H and O–H groups in total. The second-order valence-corrected chi connectivity index (χ2v) is 9.23. The first kappa shape index (κ1) is 22.1. The lowest BCUT2D eigenvalue weighted by Crippen LogP contribution is -2.45. The highest BCUT2D eigenvalue weighted by Crippen LogP contribution is 2.39. The number of imide groups is 1. The van der Waals surface area contributed by atoms with Crippen LogP contribution >= 0.6 is 0 Å². The van der Waals surface area contributed by atoms with Crippen molar-refractivity contribution in [3.05, 3.63) is 71.2 Å². The van der Waals surface area contributed by atoms with Crippen molar-refractivity contribution in [2.45, 2.75) is 58.9 Å². The van der Waals surface area contributed by atoms with Gasteiger partial charge in [-0.3, -0.25) is 14.5 Å². The molecule has 3 aromatic rings. The Morgan fingerprint density at radius 2 is 1.65 bits per heavy atom. The van der Waals surface area contributed by atoms with Crippen molar-refractivity contribution in [3.63, 3.8) is 0 Å². The van der Waals surface area contributed by atoms with Gasteiger partial charge < -0.3 is 5.11 Å². The number of aromatic nitrogens is 3. The first-order valence-electron chi connectivity index (χ1n) is 11.8. The lowest BCUT2D eigenvalue weighted by Gasteiger charge is -2.29. The molecule has 5 rings (SSSR count). The predicted octanol–water partition coefficient (Wildman–Crippen LogP) is 3.23. The zero-order valence-corrected chi connectivity index (χ0v) is 19.7. The summed E-state index contributed by atoms with van der Waals surface area (Å²) in [5.41, 5.74) is 3.68. The summed E-state index contributed by atoms with van der Waals surface area (Å²) in [6.07, 6.45) is 8.31. The van der Waals surface area contributed by atoms with E-state index in [4.69, 9.17) is 0 Å². The highest BCUT2D eigenvalue weighted by atomic mass is 16.3. The molecule has 0 unspecified atom stereocenters. The number of amides is 2. The van der Waals surface area contributed by atoms with E-state index in [9.17, 15) is 14.7 Å². The number of para-hydroxylation sites is 1. The first-order chi connectivity index (χ1) is 16.4. The number of carbonyl (C=O) groups is 2. The fraction of sp³-hybridized carbons (Fsp3) is 0.333. The highest BCUT2D eigenvalue weighted by Gasteiger charge is 2.49. The van der Waals surface area contributed by atoms with Crippen LogP contribution in [0.4, 0.5) is 0 Å². The third kappa shape index (κ3) is 3.52. The van der Waals surface area contributed by atoms with Crippen LogP contribution in [0.5, 0.6) is 5.88 Å². The molecule has 0 atom stereocenters. The van der Waals surface area contributed by atoms with Crippen LogP contribution in [-0.4, -0.2) is 32.5 Å². The topological polar surface area (TPSA) is 82.1 Å². The van der Waals surface area contributed by atoms with E-state index in [1.54, 1.807) is 29.8 Å². The van der Waals surface area contributed by atoms with Gasteiger partial charge in [0.25, 0.3) is 11.6 Å². The molecule has 174 valence electrons. The molecule has 7 heteroatoms. The van der Waals surface area contributed by atoms with Gasteiger partial charge in [0, 0.05) is 23.2 Å². The lowest BCUT2D eigenvalue weighted by atomic mass is 9.94. The van der Waals surface area contributed by atoms with Gasteiger partial charge in [0.05, 0.1) is 11.4 Å². The number of hydrogen-bond donors (Lipinski definition) is 0. The molecule has 2 aliphatic rings. The van der Waals surface area contributed by atoms with Gasteiger partial charge in [0.2, 0.25) is 0 Å². The molecule has 1 aliphatic heterocycles. The van der Waals surface area contributed by atoms with Gasteiger partial charge in [-0.25, -0.2) is 4.68 Å². The van der Waals surface area contributed by atoms with Gasteiger partial charge in [-0.15, -0.1) is 0 Å². The van der Waals surface area contributed by atoms with E-state index in [0.717, 1.165) is 43.2 Å². The summed E-state index contributed by atoms with van der Waals surface area (Å²) in [5.74, 6) is -1.14. The van der Waals surface area contributed by atoms with Crippen molar-refractivity contribution < 1.29 is 19.3 Å². The Morgan fingerprint density at radius 3 is 2.32 bits per heavy atom. The number of aryl methyl sites for hydroxylation is 3. The Hall–Kier alpha value is -3.74. The Labute approximate surface area is 199 Å². The Bertz CT molecular complexity index is 1320. The third-order valence-corrected chi connectivity index (χ3v) is 7.00. The van der Waals surface area contributed by atoms with E-state index >= 15 is 0 Å². The molecule has 0 radical (unpaired) electrons. The molecular weight excluding hydrogens is 428 g/mol. The smallest absolute Gasteiger partial charge is 0.327 e. The van der Waals surface area contributed by atoms with Crippen LogP contribution in [0.15, 0.2) is 48.8 Å². The van der Waals surface area contributed by atoms with Crippen molar-refractivity contribution in [1.29, 1.82) is 0 Å². The van der Waals surface area contributed by atoms with Crippen molar-refractivity contribution in [1.82, 2.24) is 14.7 Å². The maximum atomic E-state index is 13.9. The number of rotatable bonds is 4. The minimum atomic E-state index is -0.398. The lowest BCUT2D eigenvalue weighted by molar-refractivity contribution is -0.577. The molecule has 1 aliphatic carbocycles. The number of carbonyl (C=O) groups excluding carboxylic acids is 2. The molecule has 7 nitrogen and oxygen atoms in total. The number of benzene rings is 1. The average Bonchev–Trinajstić information content (AvgIpc) is 3.27. The van der Waals surface area contributed by atoms with E-state index in [1.807, 2.05) is 44.3 Å². The first-order valence-corrected chi connectivity index (χ1v) is 11.8. The molecule has 0 spiro atoms. The summed E-state index contributed by atoms with van der Waals surface area (Å²) in [4.78, 5) is 29.0. The summed E-state index contributed by atoms with van der Waals surface area (Å²) in [6.45, 7) is 5.67. The van der Waals surface area contributed by atoms with E-state index in [1.165, 1.54) is 9.58 Å². The molecule has 1 aromatic carbocycles. The van der Waals surface area contributed by atoms with Crippen molar-refractivity contribution in [2.75, 3.05) is 0 Å². The van der Waals surface area contributed by atoms with Gasteiger partial charge in [-0.1, -0.05) is 37.5 Å². The van der Waals surface area contributed by atoms with Crippen molar-refractivity contribution in [2.24, 2.45) is 0 Å². The normalized spacial score (nSPS) is 17.2. The Morgan fingerprint density at radius 1 is 0.941 bits per heavy atom. The number of pyridine rings is 1. The fourth-order valence-corrected chi connectivity index (χ4v) is 5.02. The quantitative estimate of drug-likeness (QED) is 0.446. The number of nitrogens with zero attached hydrogens (tertiary/aromatic N) is 4. The van der Waals surface area contributed by atoms with Crippen LogP contribution < -0.4 is 9.67 Å². The maximum Gasteiger partial charge on any atom is 0.327 e. The van der Waals surface area contributed by atoms with Gasteiger partial charge in [-0.2, -0.15) is 9.67 Å². The molecular formula is C27H28N4O3. The summed E-state index contributed by atoms with van der Waals surface area (Å²) >= 11 is 0. The van der Waals surface area contributed by atoms with Crippen LogP contribution in [-0.2, 0) is 9.59 Å². The summed E-state index contributed by atoms with van der Waals surface area (Å²) in [7, 11) is 0. The minimum Gasteiger partial charge on any atom is -0.858 e. The standard InChI is InChI=1S/C27H28N4O3/c1-17-14-15-29(16-18(17)2)24-23(25(32)30(27(24)34)20-10-6-4-7-11-20)22-19(3)28-31(26(22)33)21-12-8-5-9-13-21/h5,8-9,12-16,20H,4,6-7,10-11H2,1-3H3. The van der Waals surface area contributed by atoms with Crippen LogP contribution in [0, 0.1) is 20.8 Å². The van der Waals surface area contributed by atoms with Gasteiger partial charge in [0.1, 0.15) is 5.57 Å². The monoisotopic (exact) mass is 456 g/mol. The fourth-order valence-electron chi connectivity index (χ4n) is 5.02. The molecule has 2 aromatic heterocycles. The molecule has 2 amide bonds. The summed E-state index contributed by atoms with van der Waals surface area (Å²) < 4.78 is 3.00. The van der Waals surface area contributed by atoms with Crippen molar-refractivity contribution >= 4 is 23.1 Å². The average molecular weight is 457 g/mol. The van der Waals surface area contributed by atoms with E-state index in [0.29, 0.717) is 11.4 Å². The van der Waals surface area contributed by atoms with Crippen LogP contribution in [0.1, 0.15) is 54.5 Å². The highest BCUT2D eigenvalue weighted by molar-refractivity contribution is 6.45. The van der Waals surface area contributed by atoms with E-state index in [-0.39, 0.29) is 28.8 Å². The van der Waals surface area contributed by atoms with Gasteiger partial charge in [0.15, 0.2) is 12.4 Å². The SMILES string of the molecule is Cc1cc[n+](C2=C(c3c(C)nn(-c4ccccc4)c3[O-])C(=O)N(C3CCCCC3)C2=O)cc1C.